The van der Waals surface area contributed by atoms with Crippen molar-refractivity contribution in [1.82, 2.24) is 14.7 Å². The van der Waals surface area contributed by atoms with E-state index in [2.05, 4.69) is 35.4 Å². The molecule has 3 rings (SSSR count). The van der Waals surface area contributed by atoms with Gasteiger partial charge in [0, 0.05) is 12.6 Å². The van der Waals surface area contributed by atoms with Crippen LogP contribution in [0.2, 0.25) is 0 Å². The number of carbonyl (C=O) groups excluding carboxylic acids is 1. The Morgan fingerprint density at radius 2 is 2.14 bits per heavy atom. The third-order valence-corrected chi connectivity index (χ3v) is 3.68. The van der Waals surface area contributed by atoms with Gasteiger partial charge in [-0.2, -0.15) is 0 Å². The topological polar surface area (TPSA) is 46.4 Å². The lowest BCUT2D eigenvalue weighted by molar-refractivity contribution is -0.121. The van der Waals surface area contributed by atoms with Crippen LogP contribution >= 0.6 is 0 Å². The first kappa shape index (κ1) is 14.3. The van der Waals surface area contributed by atoms with Crippen molar-refractivity contribution in [2.24, 2.45) is 0 Å². The number of aryl methyl sites for hydroxylation is 2. The van der Waals surface area contributed by atoms with Gasteiger partial charge in [-0.25, -0.2) is 4.98 Å². The first-order valence-corrected chi connectivity index (χ1v) is 7.45. The molecule has 4 heteroatoms. The lowest BCUT2D eigenvalue weighted by Gasteiger charge is -2.06. The van der Waals surface area contributed by atoms with Crippen LogP contribution < -0.4 is 5.32 Å². The fourth-order valence-corrected chi connectivity index (χ4v) is 2.52. The van der Waals surface area contributed by atoms with Crippen LogP contribution in [0, 0.1) is 6.92 Å². The zero-order valence-electron chi connectivity index (χ0n) is 12.6. The fourth-order valence-electron chi connectivity index (χ4n) is 2.52. The Balaban J connectivity index is 1.54. The largest absolute Gasteiger partial charge is 0.349 e. The van der Waals surface area contributed by atoms with Gasteiger partial charge in [-0.1, -0.05) is 35.9 Å². The van der Waals surface area contributed by atoms with Crippen molar-refractivity contribution in [3.8, 4) is 0 Å². The Morgan fingerprint density at radius 1 is 1.23 bits per heavy atom. The zero-order valence-corrected chi connectivity index (χ0v) is 12.6. The van der Waals surface area contributed by atoms with E-state index in [1.54, 1.807) is 0 Å². The number of nitrogens with one attached hydrogen (secondary N) is 1. The van der Waals surface area contributed by atoms with E-state index in [1.165, 1.54) is 11.1 Å². The van der Waals surface area contributed by atoms with Crippen molar-refractivity contribution in [3.63, 3.8) is 0 Å². The second kappa shape index (κ2) is 6.43. The maximum atomic E-state index is 12.0. The average molecular weight is 293 g/mol. The van der Waals surface area contributed by atoms with E-state index in [0.717, 1.165) is 17.8 Å². The summed E-state index contributed by atoms with van der Waals surface area (Å²) in [5.41, 5.74) is 3.45. The van der Waals surface area contributed by atoms with E-state index in [0.29, 0.717) is 13.0 Å². The van der Waals surface area contributed by atoms with Crippen LogP contribution in [0.3, 0.4) is 0 Å². The lowest BCUT2D eigenvalue weighted by atomic mass is 10.1. The number of fused-ring (bicyclic) bond motifs is 1. The second-order valence-electron chi connectivity index (χ2n) is 5.44. The summed E-state index contributed by atoms with van der Waals surface area (Å²) < 4.78 is 1.99. The smallest absolute Gasteiger partial charge is 0.220 e. The number of rotatable bonds is 5. The van der Waals surface area contributed by atoms with E-state index in [4.69, 9.17) is 0 Å². The highest BCUT2D eigenvalue weighted by Crippen LogP contribution is 2.08. The Labute approximate surface area is 129 Å². The Morgan fingerprint density at radius 3 is 3.00 bits per heavy atom. The van der Waals surface area contributed by atoms with Crippen LogP contribution in [0.15, 0.2) is 54.9 Å². The summed E-state index contributed by atoms with van der Waals surface area (Å²) in [6, 6.07) is 14.2. The summed E-state index contributed by atoms with van der Waals surface area (Å²) in [6.07, 6.45) is 5.02. The first-order chi connectivity index (χ1) is 10.7. The molecule has 0 spiro atoms. The molecule has 0 radical (unpaired) electrons. The molecule has 2 aromatic heterocycles. The standard InChI is InChI=1S/C18H19N3O/c1-14-5-4-6-15(11-14)8-9-18(22)20-13-17-19-12-16-7-2-3-10-21(16)17/h2-7,10-12H,8-9,13H2,1H3,(H,20,22). The van der Waals surface area contributed by atoms with Crippen LogP contribution in [0.25, 0.3) is 5.52 Å². The van der Waals surface area contributed by atoms with Gasteiger partial charge in [0.15, 0.2) is 0 Å². The van der Waals surface area contributed by atoms with Gasteiger partial charge < -0.3 is 9.72 Å². The number of aromatic nitrogens is 2. The molecule has 4 nitrogen and oxygen atoms in total. The van der Waals surface area contributed by atoms with Gasteiger partial charge in [-0.05, 0) is 31.0 Å². The summed E-state index contributed by atoms with van der Waals surface area (Å²) in [5.74, 6) is 0.897. The van der Waals surface area contributed by atoms with Gasteiger partial charge in [-0.3, -0.25) is 4.79 Å². The normalized spacial score (nSPS) is 10.8. The van der Waals surface area contributed by atoms with E-state index in [9.17, 15) is 4.79 Å². The van der Waals surface area contributed by atoms with Gasteiger partial charge in [0.1, 0.15) is 5.82 Å². The Bertz CT molecular complexity index is 792. The summed E-state index contributed by atoms with van der Waals surface area (Å²) in [5, 5.41) is 2.94. The number of hydrogen-bond donors (Lipinski definition) is 1. The van der Waals surface area contributed by atoms with Crippen LogP contribution in [0.5, 0.6) is 0 Å². The van der Waals surface area contributed by atoms with Crippen molar-refractivity contribution in [2.75, 3.05) is 0 Å². The maximum absolute atomic E-state index is 12.0. The summed E-state index contributed by atoms with van der Waals surface area (Å²) in [4.78, 5) is 16.3. The maximum Gasteiger partial charge on any atom is 0.220 e. The number of carbonyl (C=O) groups is 1. The van der Waals surface area contributed by atoms with Crippen molar-refractivity contribution in [3.05, 3.63) is 71.8 Å². The molecule has 0 atom stereocenters. The predicted molar refractivity (Wildman–Crippen MR) is 86.5 cm³/mol. The van der Waals surface area contributed by atoms with E-state index < -0.39 is 0 Å². The molecular formula is C18H19N3O. The number of benzene rings is 1. The molecule has 0 bridgehead atoms. The average Bonchev–Trinajstić information content (AvgIpc) is 2.94. The zero-order chi connectivity index (χ0) is 15.4. The minimum atomic E-state index is 0.0502. The molecule has 0 saturated heterocycles. The van der Waals surface area contributed by atoms with Crippen LogP contribution in [-0.4, -0.2) is 15.3 Å². The fraction of sp³-hybridized carbons (Fsp3) is 0.222. The molecule has 1 N–H and O–H groups in total. The summed E-state index contributed by atoms with van der Waals surface area (Å²) in [6.45, 7) is 2.51. The van der Waals surface area contributed by atoms with Crippen LogP contribution in [0.1, 0.15) is 23.4 Å². The molecule has 0 aliphatic heterocycles. The molecule has 0 saturated carbocycles. The van der Waals surface area contributed by atoms with Gasteiger partial charge in [0.25, 0.3) is 0 Å². The van der Waals surface area contributed by atoms with Gasteiger partial charge in [0.2, 0.25) is 5.91 Å². The Hall–Kier alpha value is -2.62. The molecule has 0 aliphatic rings. The second-order valence-corrected chi connectivity index (χ2v) is 5.44. The highest BCUT2D eigenvalue weighted by Gasteiger charge is 2.06. The third-order valence-electron chi connectivity index (χ3n) is 3.68. The van der Waals surface area contributed by atoms with Gasteiger partial charge in [0.05, 0.1) is 18.3 Å². The first-order valence-electron chi connectivity index (χ1n) is 7.45. The van der Waals surface area contributed by atoms with Gasteiger partial charge in [-0.15, -0.1) is 0 Å². The number of imidazole rings is 1. The predicted octanol–water partition coefficient (Wildman–Crippen LogP) is 2.89. The molecule has 3 aromatic rings. The van der Waals surface area contributed by atoms with E-state index in [-0.39, 0.29) is 5.91 Å². The number of hydrogen-bond acceptors (Lipinski definition) is 2. The van der Waals surface area contributed by atoms with Crippen LogP contribution in [0.4, 0.5) is 0 Å². The van der Waals surface area contributed by atoms with Gasteiger partial charge >= 0.3 is 0 Å². The molecule has 1 amide bonds. The molecule has 1 aromatic carbocycles. The number of nitrogens with zero attached hydrogens (tertiary/aromatic N) is 2. The molecule has 22 heavy (non-hydrogen) atoms. The summed E-state index contributed by atoms with van der Waals surface area (Å²) in [7, 11) is 0. The molecule has 0 unspecified atom stereocenters. The van der Waals surface area contributed by atoms with Crippen molar-refractivity contribution in [2.45, 2.75) is 26.3 Å². The molecule has 112 valence electrons. The summed E-state index contributed by atoms with van der Waals surface area (Å²) >= 11 is 0. The van der Waals surface area contributed by atoms with Crippen molar-refractivity contribution < 1.29 is 4.79 Å². The quantitative estimate of drug-likeness (QED) is 0.786. The molecule has 2 heterocycles. The lowest BCUT2D eigenvalue weighted by Crippen LogP contribution is -2.24. The van der Waals surface area contributed by atoms with E-state index >= 15 is 0 Å². The third kappa shape index (κ3) is 3.34. The van der Waals surface area contributed by atoms with Crippen molar-refractivity contribution >= 4 is 11.4 Å². The number of amides is 1. The number of pyridine rings is 1. The Kier molecular flexibility index (Phi) is 4.19. The minimum Gasteiger partial charge on any atom is -0.349 e. The molecule has 0 aliphatic carbocycles. The highest BCUT2D eigenvalue weighted by atomic mass is 16.1. The van der Waals surface area contributed by atoms with E-state index in [1.807, 2.05) is 41.1 Å². The molecular weight excluding hydrogens is 274 g/mol. The monoisotopic (exact) mass is 293 g/mol. The van der Waals surface area contributed by atoms with Crippen LogP contribution in [-0.2, 0) is 17.8 Å². The molecule has 0 fully saturated rings. The van der Waals surface area contributed by atoms with Crippen molar-refractivity contribution in [1.29, 1.82) is 0 Å². The minimum absolute atomic E-state index is 0.0502. The SMILES string of the molecule is Cc1cccc(CCC(=O)NCc2ncc3ccccn23)c1. The highest BCUT2D eigenvalue weighted by molar-refractivity contribution is 5.76.